The number of nitrogens with one attached hydrogen (secondary N) is 1. The van der Waals surface area contributed by atoms with Gasteiger partial charge in [-0.05, 0) is 0 Å². The quantitative estimate of drug-likeness (QED) is 0.603. The average Bonchev–Trinajstić information content (AvgIpc) is 2.74. The zero-order valence-electron chi connectivity index (χ0n) is 10.4. The molecule has 1 aliphatic heterocycles. The lowest BCUT2D eigenvalue weighted by Crippen LogP contribution is -2.34. The Morgan fingerprint density at radius 1 is 1.58 bits per heavy atom. The molecule has 0 aliphatic carbocycles. The molecule has 2 rings (SSSR count). The van der Waals surface area contributed by atoms with Gasteiger partial charge in [-0.2, -0.15) is 0 Å². The SMILES string of the molecule is COCc1cn([C@H]2C[C@H](O)[C@@H](CO)O2)c(=O)[nH]c1=O. The molecule has 1 fully saturated rings. The summed E-state index contributed by atoms with van der Waals surface area (Å²) < 4.78 is 11.4. The number of aliphatic hydroxyl groups excluding tert-OH is 2. The molecule has 0 bridgehead atoms. The first-order valence-electron chi connectivity index (χ1n) is 5.84. The van der Waals surface area contributed by atoms with Crippen LogP contribution in [0.2, 0.25) is 0 Å². The third-order valence-corrected chi connectivity index (χ3v) is 3.04. The van der Waals surface area contributed by atoms with Crippen molar-refractivity contribution in [3.05, 3.63) is 32.6 Å². The van der Waals surface area contributed by atoms with E-state index in [0.29, 0.717) is 0 Å². The maximum absolute atomic E-state index is 11.7. The second-order valence-corrected chi connectivity index (χ2v) is 4.37. The second-order valence-electron chi connectivity index (χ2n) is 4.37. The predicted octanol–water partition coefficient (Wildman–Crippen LogP) is -1.68. The zero-order chi connectivity index (χ0) is 14.0. The Hall–Kier alpha value is -1.48. The van der Waals surface area contributed by atoms with Gasteiger partial charge in [-0.3, -0.25) is 14.3 Å². The Balaban J connectivity index is 2.33. The molecule has 1 saturated heterocycles. The van der Waals surface area contributed by atoms with Gasteiger partial charge in [0.2, 0.25) is 0 Å². The molecule has 2 heterocycles. The van der Waals surface area contributed by atoms with Gasteiger partial charge >= 0.3 is 5.69 Å². The van der Waals surface area contributed by atoms with E-state index in [1.165, 1.54) is 17.9 Å². The number of methoxy groups -OCH3 is 1. The average molecular weight is 272 g/mol. The lowest BCUT2D eigenvalue weighted by molar-refractivity contribution is -0.0460. The normalized spacial score (nSPS) is 26.8. The Bertz CT molecular complexity index is 551. The summed E-state index contributed by atoms with van der Waals surface area (Å²) in [6.45, 7) is -0.269. The highest BCUT2D eigenvalue weighted by atomic mass is 16.5. The van der Waals surface area contributed by atoms with Crippen LogP contribution in [0.5, 0.6) is 0 Å². The molecular formula is C11H16N2O6. The molecule has 0 spiro atoms. The molecule has 0 amide bonds. The number of aromatic nitrogens is 2. The Labute approximate surface area is 108 Å². The minimum atomic E-state index is -0.847. The fourth-order valence-electron chi connectivity index (χ4n) is 2.05. The van der Waals surface area contributed by atoms with E-state index in [4.69, 9.17) is 14.6 Å². The first kappa shape index (κ1) is 13.9. The first-order valence-corrected chi connectivity index (χ1v) is 5.84. The van der Waals surface area contributed by atoms with Crippen molar-refractivity contribution in [2.24, 2.45) is 0 Å². The Kier molecular flexibility index (Phi) is 4.15. The smallest absolute Gasteiger partial charge is 0.330 e. The first-order chi connectivity index (χ1) is 9.06. The Morgan fingerprint density at radius 2 is 2.32 bits per heavy atom. The number of ether oxygens (including phenoxy) is 2. The van der Waals surface area contributed by atoms with E-state index in [-0.39, 0.29) is 25.2 Å². The molecule has 0 saturated carbocycles. The van der Waals surface area contributed by atoms with Crippen molar-refractivity contribution in [1.29, 1.82) is 0 Å². The molecule has 3 atom stereocenters. The number of hydrogen-bond donors (Lipinski definition) is 3. The van der Waals surface area contributed by atoms with E-state index in [1.54, 1.807) is 0 Å². The summed E-state index contributed by atoms with van der Waals surface area (Å²) in [5.74, 6) is 0. The van der Waals surface area contributed by atoms with Gasteiger partial charge in [0.05, 0.1) is 24.9 Å². The van der Waals surface area contributed by atoms with Crippen LogP contribution in [-0.4, -0.2) is 45.7 Å². The topological polar surface area (TPSA) is 114 Å². The highest BCUT2D eigenvalue weighted by Crippen LogP contribution is 2.27. The highest BCUT2D eigenvalue weighted by Gasteiger charge is 2.35. The van der Waals surface area contributed by atoms with Crippen LogP contribution in [0.25, 0.3) is 0 Å². The summed E-state index contributed by atoms with van der Waals surface area (Å²) >= 11 is 0. The van der Waals surface area contributed by atoms with Crippen LogP contribution in [0.4, 0.5) is 0 Å². The van der Waals surface area contributed by atoms with Crippen molar-refractivity contribution >= 4 is 0 Å². The molecule has 106 valence electrons. The zero-order valence-corrected chi connectivity index (χ0v) is 10.4. The van der Waals surface area contributed by atoms with E-state index in [9.17, 15) is 14.7 Å². The van der Waals surface area contributed by atoms with Crippen LogP contribution >= 0.6 is 0 Å². The summed E-state index contributed by atoms with van der Waals surface area (Å²) in [5.41, 5.74) is -0.853. The third kappa shape index (κ3) is 2.76. The molecule has 1 aromatic heterocycles. The molecule has 19 heavy (non-hydrogen) atoms. The molecule has 1 aliphatic rings. The van der Waals surface area contributed by atoms with Crippen LogP contribution < -0.4 is 11.2 Å². The largest absolute Gasteiger partial charge is 0.394 e. The minimum absolute atomic E-state index is 0.0638. The molecule has 8 nitrogen and oxygen atoms in total. The van der Waals surface area contributed by atoms with Gasteiger partial charge in [-0.25, -0.2) is 4.79 Å². The van der Waals surface area contributed by atoms with E-state index < -0.39 is 29.7 Å². The van der Waals surface area contributed by atoms with Crippen molar-refractivity contribution in [2.45, 2.75) is 31.5 Å². The van der Waals surface area contributed by atoms with Gasteiger partial charge < -0.3 is 19.7 Å². The van der Waals surface area contributed by atoms with Crippen LogP contribution in [0.15, 0.2) is 15.8 Å². The summed E-state index contributed by atoms with van der Waals surface area (Å²) in [4.78, 5) is 25.4. The fourth-order valence-corrected chi connectivity index (χ4v) is 2.05. The van der Waals surface area contributed by atoms with Gasteiger partial charge in [0.25, 0.3) is 5.56 Å². The van der Waals surface area contributed by atoms with Gasteiger partial charge in [0.1, 0.15) is 12.3 Å². The van der Waals surface area contributed by atoms with Gasteiger partial charge in [-0.15, -0.1) is 0 Å². The maximum Gasteiger partial charge on any atom is 0.330 e. The van der Waals surface area contributed by atoms with Crippen molar-refractivity contribution in [3.63, 3.8) is 0 Å². The molecular weight excluding hydrogens is 256 g/mol. The van der Waals surface area contributed by atoms with E-state index in [2.05, 4.69) is 4.98 Å². The van der Waals surface area contributed by atoms with Crippen LogP contribution in [-0.2, 0) is 16.1 Å². The summed E-state index contributed by atoms with van der Waals surface area (Å²) in [6.07, 6.45) is -0.771. The summed E-state index contributed by atoms with van der Waals surface area (Å²) in [7, 11) is 1.44. The summed E-state index contributed by atoms with van der Waals surface area (Å²) in [6, 6.07) is 0. The summed E-state index contributed by atoms with van der Waals surface area (Å²) in [5, 5.41) is 18.6. The number of H-pyrrole nitrogens is 1. The van der Waals surface area contributed by atoms with E-state index in [0.717, 1.165) is 0 Å². The number of aliphatic hydroxyl groups is 2. The van der Waals surface area contributed by atoms with Gasteiger partial charge in [0.15, 0.2) is 0 Å². The third-order valence-electron chi connectivity index (χ3n) is 3.04. The number of nitrogens with zero attached hydrogens (tertiary/aromatic N) is 1. The lowest BCUT2D eigenvalue weighted by Gasteiger charge is -2.15. The van der Waals surface area contributed by atoms with Crippen molar-refractivity contribution in [2.75, 3.05) is 13.7 Å². The number of hydrogen-bond acceptors (Lipinski definition) is 6. The monoisotopic (exact) mass is 272 g/mol. The van der Waals surface area contributed by atoms with Gasteiger partial charge in [-0.1, -0.05) is 0 Å². The van der Waals surface area contributed by atoms with E-state index >= 15 is 0 Å². The fraction of sp³-hybridized carbons (Fsp3) is 0.636. The number of aromatic amines is 1. The Morgan fingerprint density at radius 3 is 2.89 bits per heavy atom. The van der Waals surface area contributed by atoms with Crippen LogP contribution in [0.3, 0.4) is 0 Å². The molecule has 0 unspecified atom stereocenters. The van der Waals surface area contributed by atoms with E-state index in [1.807, 2.05) is 0 Å². The highest BCUT2D eigenvalue weighted by molar-refractivity contribution is 5.04. The molecule has 0 radical (unpaired) electrons. The maximum atomic E-state index is 11.7. The van der Waals surface area contributed by atoms with Crippen molar-refractivity contribution in [1.82, 2.24) is 9.55 Å². The van der Waals surface area contributed by atoms with Gasteiger partial charge in [0, 0.05) is 19.7 Å². The number of rotatable bonds is 4. The minimum Gasteiger partial charge on any atom is -0.394 e. The van der Waals surface area contributed by atoms with Crippen molar-refractivity contribution in [3.8, 4) is 0 Å². The van der Waals surface area contributed by atoms with Crippen molar-refractivity contribution < 1.29 is 19.7 Å². The molecule has 3 N–H and O–H groups in total. The molecule has 0 aromatic carbocycles. The molecule has 1 aromatic rings. The molecule has 8 heteroatoms. The second kappa shape index (κ2) is 5.66. The standard InChI is InChI=1S/C11H16N2O6/c1-18-5-6-3-13(11(17)12-10(6)16)9-2-7(15)8(4-14)19-9/h3,7-9,14-15H,2,4-5H2,1H3,(H,12,16,17)/t7-,8+,9+/m0/s1. The van der Waals surface area contributed by atoms with Crippen LogP contribution in [0, 0.1) is 0 Å². The lowest BCUT2D eigenvalue weighted by atomic mass is 10.2. The predicted molar refractivity (Wildman–Crippen MR) is 63.7 cm³/mol. The van der Waals surface area contributed by atoms with Crippen LogP contribution in [0.1, 0.15) is 18.2 Å².